The van der Waals surface area contributed by atoms with E-state index < -0.39 is 0 Å². The van der Waals surface area contributed by atoms with E-state index in [9.17, 15) is 4.39 Å². The highest BCUT2D eigenvalue weighted by atomic mass is 35.5. The van der Waals surface area contributed by atoms with Gasteiger partial charge in [0.15, 0.2) is 0 Å². The molecule has 0 amide bonds. The van der Waals surface area contributed by atoms with Crippen LogP contribution in [0.4, 0.5) is 10.1 Å². The summed E-state index contributed by atoms with van der Waals surface area (Å²) in [7, 11) is 1.87. The Labute approximate surface area is 123 Å². The number of rotatable bonds is 3. The summed E-state index contributed by atoms with van der Waals surface area (Å²) in [6, 6.07) is 13.8. The third kappa shape index (κ3) is 2.76. The minimum absolute atomic E-state index is 0.139. The predicted molar refractivity (Wildman–Crippen MR) is 79.4 cm³/mol. The van der Waals surface area contributed by atoms with E-state index in [0.29, 0.717) is 16.1 Å². The largest absolute Gasteiger partial charge is 0.368 e. The number of benzene rings is 2. The van der Waals surface area contributed by atoms with Crippen molar-refractivity contribution in [1.29, 1.82) is 5.26 Å². The molecule has 0 fully saturated rings. The minimum atomic E-state index is -0.230. The molecule has 0 aromatic heterocycles. The zero-order valence-corrected chi connectivity index (χ0v) is 12.0. The molecule has 2 rings (SSSR count). The first-order valence-electron chi connectivity index (χ1n) is 6.21. The molecule has 0 saturated carbocycles. The maximum Gasteiger partial charge on any atom is 0.128 e. The van der Waals surface area contributed by atoms with Gasteiger partial charge >= 0.3 is 0 Å². The molecule has 0 aliphatic carbocycles. The minimum Gasteiger partial charge on any atom is -0.368 e. The monoisotopic (exact) mass is 288 g/mol. The summed E-state index contributed by atoms with van der Waals surface area (Å²) in [6.45, 7) is 1.92. The highest BCUT2D eigenvalue weighted by molar-refractivity contribution is 6.32. The number of anilines is 1. The quantitative estimate of drug-likeness (QED) is 0.828. The smallest absolute Gasteiger partial charge is 0.128 e. The van der Waals surface area contributed by atoms with E-state index in [2.05, 4.69) is 0 Å². The topological polar surface area (TPSA) is 27.0 Å². The zero-order chi connectivity index (χ0) is 14.7. The van der Waals surface area contributed by atoms with Gasteiger partial charge in [-0.1, -0.05) is 29.8 Å². The molecule has 102 valence electrons. The third-order valence-corrected chi connectivity index (χ3v) is 3.73. The van der Waals surface area contributed by atoms with Crippen LogP contribution < -0.4 is 4.90 Å². The molecule has 0 aliphatic heterocycles. The highest BCUT2D eigenvalue weighted by Crippen LogP contribution is 2.29. The van der Waals surface area contributed by atoms with Gasteiger partial charge in [0.05, 0.1) is 16.6 Å². The van der Waals surface area contributed by atoms with Gasteiger partial charge in [0.2, 0.25) is 0 Å². The summed E-state index contributed by atoms with van der Waals surface area (Å²) in [5.41, 5.74) is 1.89. The van der Waals surface area contributed by atoms with Crippen LogP contribution >= 0.6 is 11.6 Å². The molecule has 0 aliphatic rings. The van der Waals surface area contributed by atoms with Gasteiger partial charge in [0, 0.05) is 18.3 Å². The van der Waals surface area contributed by atoms with Crippen LogP contribution in [0.2, 0.25) is 5.02 Å². The van der Waals surface area contributed by atoms with Gasteiger partial charge < -0.3 is 4.90 Å². The van der Waals surface area contributed by atoms with Crippen LogP contribution in [0.25, 0.3) is 0 Å². The van der Waals surface area contributed by atoms with Crippen LogP contribution in [-0.4, -0.2) is 7.05 Å². The lowest BCUT2D eigenvalue weighted by atomic mass is 10.1. The van der Waals surface area contributed by atoms with Crippen molar-refractivity contribution >= 4 is 17.3 Å². The SMILES string of the molecule is CC(c1ccccc1F)N(C)c1ccc(C#N)c(Cl)c1. The lowest BCUT2D eigenvalue weighted by Gasteiger charge is -2.28. The lowest BCUT2D eigenvalue weighted by Crippen LogP contribution is -2.22. The van der Waals surface area contributed by atoms with Crippen molar-refractivity contribution in [2.45, 2.75) is 13.0 Å². The van der Waals surface area contributed by atoms with Crippen LogP contribution in [0.15, 0.2) is 42.5 Å². The van der Waals surface area contributed by atoms with Crippen molar-refractivity contribution in [1.82, 2.24) is 0 Å². The van der Waals surface area contributed by atoms with Crippen molar-refractivity contribution < 1.29 is 4.39 Å². The first-order chi connectivity index (χ1) is 9.54. The Kier molecular flexibility index (Phi) is 4.26. The third-order valence-electron chi connectivity index (χ3n) is 3.42. The van der Waals surface area contributed by atoms with E-state index in [4.69, 9.17) is 16.9 Å². The van der Waals surface area contributed by atoms with Gasteiger partial charge in [0.1, 0.15) is 11.9 Å². The Morgan fingerprint density at radius 2 is 1.95 bits per heavy atom. The van der Waals surface area contributed by atoms with E-state index in [-0.39, 0.29) is 11.9 Å². The van der Waals surface area contributed by atoms with Gasteiger partial charge in [0.25, 0.3) is 0 Å². The maximum absolute atomic E-state index is 13.8. The van der Waals surface area contributed by atoms with Crippen LogP contribution in [0, 0.1) is 17.1 Å². The van der Waals surface area contributed by atoms with Gasteiger partial charge in [-0.05, 0) is 31.2 Å². The number of nitrogens with zero attached hydrogens (tertiary/aromatic N) is 2. The fourth-order valence-corrected chi connectivity index (χ4v) is 2.28. The van der Waals surface area contributed by atoms with Crippen molar-refractivity contribution in [2.24, 2.45) is 0 Å². The van der Waals surface area contributed by atoms with Gasteiger partial charge in [-0.2, -0.15) is 5.26 Å². The van der Waals surface area contributed by atoms with E-state index >= 15 is 0 Å². The second-order valence-corrected chi connectivity index (χ2v) is 4.99. The average molecular weight is 289 g/mol. The van der Waals surface area contributed by atoms with Crippen LogP contribution in [0.1, 0.15) is 24.1 Å². The predicted octanol–water partition coefficient (Wildman–Crippen LogP) is 4.55. The van der Waals surface area contributed by atoms with Gasteiger partial charge in [-0.15, -0.1) is 0 Å². The summed E-state index contributed by atoms with van der Waals surface area (Å²) in [6.07, 6.45) is 0. The molecule has 2 aromatic rings. The normalized spacial score (nSPS) is 11.8. The summed E-state index contributed by atoms with van der Waals surface area (Å²) in [5.74, 6) is -0.230. The summed E-state index contributed by atoms with van der Waals surface area (Å²) in [5, 5.41) is 9.27. The molecule has 0 bridgehead atoms. The summed E-state index contributed by atoms with van der Waals surface area (Å²) < 4.78 is 13.8. The highest BCUT2D eigenvalue weighted by Gasteiger charge is 2.16. The molecule has 2 nitrogen and oxygen atoms in total. The molecule has 0 saturated heterocycles. The van der Waals surface area contributed by atoms with Crippen LogP contribution in [-0.2, 0) is 0 Å². The molecular formula is C16H14ClFN2. The molecule has 0 N–H and O–H groups in total. The number of hydrogen-bond donors (Lipinski definition) is 0. The van der Waals surface area contributed by atoms with E-state index in [1.165, 1.54) is 6.07 Å². The van der Waals surface area contributed by atoms with Crippen molar-refractivity contribution in [2.75, 3.05) is 11.9 Å². The number of nitriles is 1. The second-order valence-electron chi connectivity index (χ2n) is 4.58. The van der Waals surface area contributed by atoms with Crippen molar-refractivity contribution in [3.05, 3.63) is 64.4 Å². The number of halogens is 2. The first-order valence-corrected chi connectivity index (χ1v) is 6.59. The standard InChI is InChI=1S/C16H14ClFN2/c1-11(14-5-3-4-6-16(14)18)20(2)13-8-7-12(10-19)15(17)9-13/h3-9,11H,1-2H3. The Bertz CT molecular complexity index is 664. The second kappa shape index (κ2) is 5.94. The lowest BCUT2D eigenvalue weighted by molar-refractivity contribution is 0.585. The van der Waals surface area contributed by atoms with Crippen molar-refractivity contribution in [3.8, 4) is 6.07 Å². The molecule has 20 heavy (non-hydrogen) atoms. The maximum atomic E-state index is 13.8. The Balaban J connectivity index is 2.32. The Hall–Kier alpha value is -2.05. The van der Waals surface area contributed by atoms with Gasteiger partial charge in [-0.3, -0.25) is 0 Å². The number of hydrogen-bond acceptors (Lipinski definition) is 2. The van der Waals surface area contributed by atoms with E-state index in [1.54, 1.807) is 24.3 Å². The van der Waals surface area contributed by atoms with Gasteiger partial charge in [-0.25, -0.2) is 4.39 Å². The fraction of sp³-hybridized carbons (Fsp3) is 0.188. The zero-order valence-electron chi connectivity index (χ0n) is 11.3. The Morgan fingerprint density at radius 3 is 2.55 bits per heavy atom. The van der Waals surface area contributed by atoms with E-state index in [1.807, 2.05) is 37.1 Å². The Morgan fingerprint density at radius 1 is 1.25 bits per heavy atom. The average Bonchev–Trinajstić information content (AvgIpc) is 2.46. The summed E-state index contributed by atoms with van der Waals surface area (Å²) >= 11 is 6.03. The van der Waals surface area contributed by atoms with Crippen molar-refractivity contribution in [3.63, 3.8) is 0 Å². The first kappa shape index (κ1) is 14.4. The van der Waals surface area contributed by atoms with E-state index in [0.717, 1.165) is 5.69 Å². The molecule has 1 atom stereocenters. The molecular weight excluding hydrogens is 275 g/mol. The van der Waals surface area contributed by atoms with Crippen LogP contribution in [0.5, 0.6) is 0 Å². The molecule has 0 heterocycles. The van der Waals surface area contributed by atoms with Crippen LogP contribution in [0.3, 0.4) is 0 Å². The molecule has 1 unspecified atom stereocenters. The molecule has 0 spiro atoms. The fourth-order valence-electron chi connectivity index (χ4n) is 2.06. The molecule has 2 aromatic carbocycles. The summed E-state index contributed by atoms with van der Waals surface area (Å²) in [4.78, 5) is 1.92. The molecule has 4 heteroatoms. The molecule has 0 radical (unpaired) electrons.